The Morgan fingerprint density at radius 3 is 2.59 bits per heavy atom. The van der Waals surface area contributed by atoms with Gasteiger partial charge in [-0.2, -0.15) is 10.4 Å². The highest BCUT2D eigenvalue weighted by Gasteiger charge is 2.59. The third-order valence-electron chi connectivity index (χ3n) is 11.3. The van der Waals surface area contributed by atoms with E-state index in [2.05, 4.69) is 38.9 Å². The molecule has 1 aromatic rings. The van der Waals surface area contributed by atoms with E-state index in [4.69, 9.17) is 5.26 Å². The maximum atomic E-state index is 9.12. The lowest BCUT2D eigenvalue weighted by Crippen LogP contribution is -2.52. The summed E-state index contributed by atoms with van der Waals surface area (Å²) in [4.78, 5) is 0. The summed E-state index contributed by atoms with van der Waals surface area (Å²) in [5.74, 6) is 6.38. The van der Waals surface area contributed by atoms with Crippen molar-refractivity contribution in [3.8, 4) is 6.07 Å². The zero-order chi connectivity index (χ0) is 22.5. The molecule has 0 N–H and O–H groups in total. The predicted octanol–water partition coefficient (Wildman–Crippen LogP) is 7.47. The average molecular weight is 436 g/mol. The van der Waals surface area contributed by atoms with Crippen LogP contribution in [0.4, 0.5) is 0 Å². The molecule has 5 rings (SSSR count). The second-order valence-electron chi connectivity index (χ2n) is 12.9. The van der Waals surface area contributed by atoms with Gasteiger partial charge in [0.15, 0.2) is 5.69 Å². The Hall–Kier alpha value is -1.30. The predicted molar refractivity (Wildman–Crippen MR) is 130 cm³/mol. The minimum atomic E-state index is 0.513. The van der Waals surface area contributed by atoms with Crippen LogP contribution in [-0.2, 0) is 6.54 Å². The lowest BCUT2D eigenvalue weighted by atomic mass is 9.45. The van der Waals surface area contributed by atoms with Crippen molar-refractivity contribution < 1.29 is 0 Å². The minimum Gasteiger partial charge on any atom is -0.271 e. The van der Waals surface area contributed by atoms with Crippen LogP contribution in [0.3, 0.4) is 0 Å². The van der Waals surface area contributed by atoms with Gasteiger partial charge in [0.1, 0.15) is 6.07 Å². The summed E-state index contributed by atoms with van der Waals surface area (Å²) >= 11 is 0. The standard InChI is InChI=1S/C29H45N3/c1-5-6-21-7-8-26-23-12-15-29(4)25(20(2)19-32-16-13-22(18-30)31-32)9-10-27(29)24(23)11-14-28(26,3)17-21/h13,16,20-21,23-27H,5-12,14-15,17,19H2,1-4H3. The van der Waals surface area contributed by atoms with Crippen LogP contribution < -0.4 is 0 Å². The molecule has 1 heterocycles. The Morgan fingerprint density at radius 2 is 1.84 bits per heavy atom. The van der Waals surface area contributed by atoms with Crippen LogP contribution in [0.25, 0.3) is 0 Å². The first kappa shape index (κ1) is 22.5. The molecule has 9 atom stereocenters. The summed E-state index contributed by atoms with van der Waals surface area (Å²) < 4.78 is 2.02. The van der Waals surface area contributed by atoms with Crippen molar-refractivity contribution in [1.82, 2.24) is 9.78 Å². The molecular weight excluding hydrogens is 390 g/mol. The third-order valence-corrected chi connectivity index (χ3v) is 11.3. The van der Waals surface area contributed by atoms with E-state index in [1.165, 1.54) is 70.6 Å². The molecule has 0 saturated heterocycles. The van der Waals surface area contributed by atoms with Crippen LogP contribution in [0.2, 0.25) is 0 Å². The Bertz CT molecular complexity index is 851. The molecule has 3 heteroatoms. The van der Waals surface area contributed by atoms with E-state index in [9.17, 15) is 0 Å². The highest BCUT2D eigenvalue weighted by molar-refractivity contribution is 5.16. The van der Waals surface area contributed by atoms with E-state index in [1.807, 2.05) is 16.9 Å². The Morgan fingerprint density at radius 1 is 1.09 bits per heavy atom. The van der Waals surface area contributed by atoms with Gasteiger partial charge in [0.2, 0.25) is 0 Å². The summed E-state index contributed by atoms with van der Waals surface area (Å²) in [6.45, 7) is 11.1. The largest absolute Gasteiger partial charge is 0.271 e. The first-order valence-electron chi connectivity index (χ1n) is 13.8. The summed E-state index contributed by atoms with van der Waals surface area (Å²) in [6, 6.07) is 4.03. The fourth-order valence-electron chi connectivity index (χ4n) is 10.00. The van der Waals surface area contributed by atoms with Crippen LogP contribution in [0.15, 0.2) is 12.3 Å². The first-order chi connectivity index (χ1) is 15.4. The van der Waals surface area contributed by atoms with Gasteiger partial charge in [-0.05, 0) is 110 Å². The van der Waals surface area contributed by atoms with Gasteiger partial charge in [0, 0.05) is 12.7 Å². The molecule has 0 radical (unpaired) electrons. The van der Waals surface area contributed by atoms with Gasteiger partial charge in [-0.3, -0.25) is 4.68 Å². The molecule has 3 nitrogen and oxygen atoms in total. The van der Waals surface area contributed by atoms with Crippen LogP contribution >= 0.6 is 0 Å². The van der Waals surface area contributed by atoms with Crippen LogP contribution in [0.1, 0.15) is 104 Å². The fourth-order valence-corrected chi connectivity index (χ4v) is 10.00. The van der Waals surface area contributed by atoms with Gasteiger partial charge in [-0.25, -0.2) is 0 Å². The fraction of sp³-hybridized carbons (Fsp3) is 0.862. The van der Waals surface area contributed by atoms with Crippen molar-refractivity contribution in [2.24, 2.45) is 52.3 Å². The van der Waals surface area contributed by atoms with E-state index in [1.54, 1.807) is 0 Å². The van der Waals surface area contributed by atoms with Crippen molar-refractivity contribution in [2.75, 3.05) is 0 Å². The molecule has 0 aliphatic heterocycles. The Kier molecular flexibility index (Phi) is 5.96. The Labute approximate surface area is 196 Å². The van der Waals surface area contributed by atoms with Gasteiger partial charge < -0.3 is 0 Å². The zero-order valence-electron chi connectivity index (χ0n) is 21.0. The molecule has 0 bridgehead atoms. The van der Waals surface area contributed by atoms with Gasteiger partial charge in [-0.15, -0.1) is 0 Å². The number of nitriles is 1. The maximum absolute atomic E-state index is 9.12. The monoisotopic (exact) mass is 435 g/mol. The number of hydrogen-bond donors (Lipinski definition) is 0. The van der Waals surface area contributed by atoms with E-state index in [0.29, 0.717) is 22.4 Å². The van der Waals surface area contributed by atoms with Crippen molar-refractivity contribution in [2.45, 2.75) is 105 Å². The van der Waals surface area contributed by atoms with Gasteiger partial charge >= 0.3 is 0 Å². The molecule has 4 aliphatic carbocycles. The number of rotatable bonds is 5. The summed E-state index contributed by atoms with van der Waals surface area (Å²) in [5.41, 5.74) is 1.70. The summed E-state index contributed by atoms with van der Waals surface area (Å²) in [7, 11) is 0. The van der Waals surface area contributed by atoms with E-state index >= 15 is 0 Å². The lowest BCUT2D eigenvalue weighted by Gasteiger charge is -2.60. The average Bonchev–Trinajstić information content (AvgIpc) is 3.36. The lowest BCUT2D eigenvalue weighted by molar-refractivity contribution is -0.108. The Balaban J connectivity index is 1.29. The third kappa shape index (κ3) is 3.65. The molecule has 4 fully saturated rings. The van der Waals surface area contributed by atoms with Crippen LogP contribution in [0, 0.1) is 63.6 Å². The number of nitrogens with zero attached hydrogens (tertiary/aromatic N) is 3. The molecule has 9 unspecified atom stereocenters. The van der Waals surface area contributed by atoms with Crippen molar-refractivity contribution in [3.05, 3.63) is 18.0 Å². The first-order valence-corrected chi connectivity index (χ1v) is 13.8. The van der Waals surface area contributed by atoms with Crippen molar-refractivity contribution in [3.63, 3.8) is 0 Å². The van der Waals surface area contributed by atoms with E-state index in [-0.39, 0.29) is 0 Å². The normalized spacial score (nSPS) is 44.2. The molecule has 0 aromatic carbocycles. The molecule has 4 saturated carbocycles. The molecule has 176 valence electrons. The maximum Gasteiger partial charge on any atom is 0.162 e. The number of hydrogen-bond acceptors (Lipinski definition) is 2. The molecule has 32 heavy (non-hydrogen) atoms. The van der Waals surface area contributed by atoms with Crippen molar-refractivity contribution in [1.29, 1.82) is 5.26 Å². The second kappa shape index (κ2) is 8.48. The molecule has 4 aliphatic rings. The van der Waals surface area contributed by atoms with E-state index < -0.39 is 0 Å². The van der Waals surface area contributed by atoms with Gasteiger partial charge in [0.05, 0.1) is 0 Å². The molecule has 1 aromatic heterocycles. The smallest absolute Gasteiger partial charge is 0.162 e. The summed E-state index contributed by atoms with van der Waals surface area (Å²) in [6.07, 6.45) is 18.2. The van der Waals surface area contributed by atoms with Crippen LogP contribution in [0.5, 0.6) is 0 Å². The highest BCUT2D eigenvalue weighted by atomic mass is 15.3. The SMILES string of the molecule is CCCC1CCC2C3CCC4(C)C(C(C)Cn5ccc(C#N)n5)CCC4C3CCC2(C)C1. The second-order valence-corrected chi connectivity index (χ2v) is 12.9. The van der Waals surface area contributed by atoms with Gasteiger partial charge in [0.25, 0.3) is 0 Å². The summed E-state index contributed by atoms with van der Waals surface area (Å²) in [5, 5.41) is 13.6. The minimum absolute atomic E-state index is 0.513. The van der Waals surface area contributed by atoms with Crippen LogP contribution in [-0.4, -0.2) is 9.78 Å². The quantitative estimate of drug-likeness (QED) is 0.481. The highest BCUT2D eigenvalue weighted by Crippen LogP contribution is 2.67. The molecule has 0 amide bonds. The van der Waals surface area contributed by atoms with Gasteiger partial charge in [-0.1, -0.05) is 47.0 Å². The zero-order valence-corrected chi connectivity index (χ0v) is 21.0. The number of fused-ring (bicyclic) bond motifs is 5. The topological polar surface area (TPSA) is 41.6 Å². The van der Waals surface area contributed by atoms with E-state index in [0.717, 1.165) is 42.1 Å². The van der Waals surface area contributed by atoms with Crippen molar-refractivity contribution >= 4 is 0 Å². The number of aromatic nitrogens is 2. The molecular formula is C29H45N3. The molecule has 0 spiro atoms.